The van der Waals surface area contributed by atoms with Gasteiger partial charge in [0.1, 0.15) is 10.4 Å². The average Bonchev–Trinajstić information content (AvgIpc) is 2.82. The largest absolute Gasteiger partial charge is 0.383 e. The summed E-state index contributed by atoms with van der Waals surface area (Å²) in [5, 5.41) is 9.56. The molecule has 18 heavy (non-hydrogen) atoms. The summed E-state index contributed by atoms with van der Waals surface area (Å²) in [6, 6.07) is 6.14. The molecule has 3 rings (SSSR count). The fourth-order valence-electron chi connectivity index (χ4n) is 2.06. The van der Waals surface area contributed by atoms with Crippen molar-refractivity contribution in [2.75, 3.05) is 5.73 Å². The lowest BCUT2D eigenvalue weighted by Crippen LogP contribution is -1.98. The van der Waals surface area contributed by atoms with E-state index in [9.17, 15) is 0 Å². The number of nitrogens with zero attached hydrogens (tertiary/aromatic N) is 4. The summed E-state index contributed by atoms with van der Waals surface area (Å²) in [4.78, 5) is 0. The molecule has 0 radical (unpaired) electrons. The first kappa shape index (κ1) is 11.3. The van der Waals surface area contributed by atoms with E-state index in [1.165, 1.54) is 0 Å². The number of hydrogen-bond acceptors (Lipinski definition) is 3. The predicted molar refractivity (Wildman–Crippen MR) is 75.0 cm³/mol. The number of nitrogens with two attached hydrogens (primary N) is 1. The summed E-state index contributed by atoms with van der Waals surface area (Å²) in [6.45, 7) is 0. The van der Waals surface area contributed by atoms with Gasteiger partial charge in [0.25, 0.3) is 0 Å². The van der Waals surface area contributed by atoms with E-state index in [2.05, 4.69) is 32.2 Å². The van der Waals surface area contributed by atoms with Crippen LogP contribution in [0.4, 0.5) is 5.82 Å². The molecule has 92 valence electrons. The number of anilines is 1. The third-order valence-electron chi connectivity index (χ3n) is 3.10. The van der Waals surface area contributed by atoms with Crippen LogP contribution in [0.2, 0.25) is 0 Å². The smallest absolute Gasteiger partial charge is 0.136 e. The maximum absolute atomic E-state index is 5.99. The van der Waals surface area contributed by atoms with E-state index in [1.54, 1.807) is 10.9 Å². The molecule has 0 amide bonds. The van der Waals surface area contributed by atoms with Gasteiger partial charge in [-0.25, -0.2) is 0 Å². The number of aromatic nitrogens is 4. The quantitative estimate of drug-likeness (QED) is 0.750. The number of aryl methyl sites for hydroxylation is 2. The van der Waals surface area contributed by atoms with Gasteiger partial charge in [0, 0.05) is 25.0 Å². The number of hydrogen-bond donors (Lipinski definition) is 1. The van der Waals surface area contributed by atoms with Crippen molar-refractivity contribution in [2.45, 2.75) is 0 Å². The zero-order valence-electron chi connectivity index (χ0n) is 10.1. The van der Waals surface area contributed by atoms with Crippen LogP contribution < -0.4 is 5.73 Å². The maximum Gasteiger partial charge on any atom is 0.136 e. The van der Waals surface area contributed by atoms with Gasteiger partial charge < -0.3 is 5.73 Å². The van der Waals surface area contributed by atoms with Crippen molar-refractivity contribution in [1.82, 2.24) is 19.6 Å². The first-order valence-electron chi connectivity index (χ1n) is 5.48. The van der Waals surface area contributed by atoms with E-state index in [-0.39, 0.29) is 0 Å². The molecule has 0 spiro atoms. The Morgan fingerprint density at radius 1 is 1.22 bits per heavy atom. The van der Waals surface area contributed by atoms with Gasteiger partial charge in [-0.3, -0.25) is 9.36 Å². The number of halogens is 1. The summed E-state index contributed by atoms with van der Waals surface area (Å²) in [5.74, 6) is 0.661. The Balaban J connectivity index is 2.25. The number of nitrogen functional groups attached to an aromatic ring is 1. The van der Waals surface area contributed by atoms with Crippen LogP contribution in [0, 0.1) is 0 Å². The Labute approximate surface area is 112 Å². The minimum absolute atomic E-state index is 0.661. The van der Waals surface area contributed by atoms with Crippen LogP contribution in [0.1, 0.15) is 0 Å². The molecule has 0 aliphatic heterocycles. The molecular weight excluding hydrogens is 294 g/mol. The SMILES string of the molecule is Cn1ncc(-c2ccc3c(c2)c(Br)nn3C)c1N. The van der Waals surface area contributed by atoms with Crippen LogP contribution >= 0.6 is 15.9 Å². The van der Waals surface area contributed by atoms with Crippen LogP contribution in [-0.2, 0) is 14.1 Å². The molecule has 1 aromatic carbocycles. The average molecular weight is 306 g/mol. The Morgan fingerprint density at radius 3 is 2.67 bits per heavy atom. The number of benzene rings is 1. The van der Waals surface area contributed by atoms with E-state index in [4.69, 9.17) is 5.73 Å². The minimum atomic E-state index is 0.661. The van der Waals surface area contributed by atoms with Gasteiger partial charge in [-0.15, -0.1) is 0 Å². The van der Waals surface area contributed by atoms with E-state index in [0.29, 0.717) is 5.82 Å². The van der Waals surface area contributed by atoms with Gasteiger partial charge >= 0.3 is 0 Å². The minimum Gasteiger partial charge on any atom is -0.383 e. The van der Waals surface area contributed by atoms with Crippen molar-refractivity contribution in [3.05, 3.63) is 29.0 Å². The molecule has 0 fully saturated rings. The zero-order chi connectivity index (χ0) is 12.9. The van der Waals surface area contributed by atoms with Crippen LogP contribution in [0.5, 0.6) is 0 Å². The fraction of sp³-hybridized carbons (Fsp3) is 0.167. The summed E-state index contributed by atoms with van der Waals surface area (Å²) in [6.07, 6.45) is 1.78. The van der Waals surface area contributed by atoms with E-state index < -0.39 is 0 Å². The third-order valence-corrected chi connectivity index (χ3v) is 3.69. The van der Waals surface area contributed by atoms with E-state index in [0.717, 1.165) is 26.6 Å². The van der Waals surface area contributed by atoms with Gasteiger partial charge in [-0.05, 0) is 33.6 Å². The second-order valence-electron chi connectivity index (χ2n) is 4.21. The van der Waals surface area contributed by atoms with E-state index in [1.807, 2.05) is 30.9 Å². The van der Waals surface area contributed by atoms with Crippen LogP contribution in [0.25, 0.3) is 22.0 Å². The summed E-state index contributed by atoms with van der Waals surface area (Å²) < 4.78 is 4.34. The Bertz CT molecular complexity index is 740. The van der Waals surface area contributed by atoms with Crippen molar-refractivity contribution in [1.29, 1.82) is 0 Å². The Hall–Kier alpha value is -1.82. The highest BCUT2D eigenvalue weighted by Gasteiger charge is 2.11. The van der Waals surface area contributed by atoms with Crippen molar-refractivity contribution >= 4 is 32.7 Å². The highest BCUT2D eigenvalue weighted by molar-refractivity contribution is 9.10. The monoisotopic (exact) mass is 305 g/mol. The van der Waals surface area contributed by atoms with Gasteiger partial charge in [-0.2, -0.15) is 10.2 Å². The molecule has 0 saturated carbocycles. The molecule has 0 saturated heterocycles. The van der Waals surface area contributed by atoms with Gasteiger partial charge in [0.05, 0.1) is 11.7 Å². The molecule has 0 bridgehead atoms. The first-order chi connectivity index (χ1) is 8.58. The van der Waals surface area contributed by atoms with Crippen molar-refractivity contribution in [3.63, 3.8) is 0 Å². The molecule has 0 unspecified atom stereocenters. The molecule has 0 atom stereocenters. The number of rotatable bonds is 1. The van der Waals surface area contributed by atoms with Crippen molar-refractivity contribution in [3.8, 4) is 11.1 Å². The van der Waals surface area contributed by atoms with Crippen molar-refractivity contribution in [2.24, 2.45) is 14.1 Å². The highest BCUT2D eigenvalue weighted by Crippen LogP contribution is 2.31. The second-order valence-corrected chi connectivity index (χ2v) is 4.96. The van der Waals surface area contributed by atoms with Crippen LogP contribution in [0.15, 0.2) is 29.0 Å². The summed E-state index contributed by atoms with van der Waals surface area (Å²) >= 11 is 3.46. The van der Waals surface area contributed by atoms with Crippen LogP contribution in [0.3, 0.4) is 0 Å². The molecule has 2 heterocycles. The molecule has 2 aromatic heterocycles. The van der Waals surface area contributed by atoms with Gasteiger partial charge in [0.15, 0.2) is 0 Å². The zero-order valence-corrected chi connectivity index (χ0v) is 11.6. The van der Waals surface area contributed by atoms with Gasteiger partial charge in [0.2, 0.25) is 0 Å². The molecule has 0 aliphatic rings. The Kier molecular flexibility index (Phi) is 2.41. The highest BCUT2D eigenvalue weighted by atomic mass is 79.9. The molecule has 5 nitrogen and oxygen atoms in total. The fourth-order valence-corrected chi connectivity index (χ4v) is 2.62. The maximum atomic E-state index is 5.99. The van der Waals surface area contributed by atoms with E-state index >= 15 is 0 Å². The lowest BCUT2D eigenvalue weighted by Gasteiger charge is -2.01. The summed E-state index contributed by atoms with van der Waals surface area (Å²) in [7, 11) is 3.75. The molecule has 0 aliphatic carbocycles. The normalized spacial score (nSPS) is 11.3. The number of fused-ring (bicyclic) bond motifs is 1. The topological polar surface area (TPSA) is 61.7 Å². The molecule has 3 aromatic rings. The molecule has 2 N–H and O–H groups in total. The lowest BCUT2D eigenvalue weighted by molar-refractivity contribution is 0.779. The summed E-state index contributed by atoms with van der Waals surface area (Å²) in [5.41, 5.74) is 9.05. The second kappa shape index (κ2) is 3.84. The lowest BCUT2D eigenvalue weighted by atomic mass is 10.1. The molecule has 6 heteroatoms. The Morgan fingerprint density at radius 2 is 2.00 bits per heavy atom. The van der Waals surface area contributed by atoms with Gasteiger partial charge in [-0.1, -0.05) is 6.07 Å². The standard InChI is InChI=1S/C12H12BrN5/c1-17-10-4-3-7(5-8(10)11(13)16-17)9-6-15-18(2)12(9)14/h3-6H,14H2,1-2H3. The predicted octanol–water partition coefficient (Wildman–Crippen LogP) is 2.32. The van der Waals surface area contributed by atoms with Crippen LogP contribution in [-0.4, -0.2) is 19.6 Å². The molecular formula is C12H12BrN5. The first-order valence-corrected chi connectivity index (χ1v) is 6.27. The van der Waals surface area contributed by atoms with Crippen molar-refractivity contribution < 1.29 is 0 Å². The third kappa shape index (κ3) is 1.53.